The van der Waals surface area contributed by atoms with Gasteiger partial charge in [-0.1, -0.05) is 0 Å². The Morgan fingerprint density at radius 1 is 1.00 bits per heavy atom. The van der Waals surface area contributed by atoms with E-state index in [9.17, 15) is 9.59 Å². The number of ether oxygens (including phenoxy) is 1. The Hall–Kier alpha value is -0.918. The molecule has 0 aliphatic heterocycles. The van der Waals surface area contributed by atoms with E-state index in [0.717, 1.165) is 0 Å². The van der Waals surface area contributed by atoms with Gasteiger partial charge in [-0.25, -0.2) is 0 Å². The van der Waals surface area contributed by atoms with Gasteiger partial charge in [0.15, 0.2) is 0 Å². The van der Waals surface area contributed by atoms with Crippen LogP contribution in [0.25, 0.3) is 0 Å². The average molecular weight is 426 g/mol. The summed E-state index contributed by atoms with van der Waals surface area (Å²) in [5.41, 5.74) is 0.345. The predicted octanol–water partition coefficient (Wildman–Crippen LogP) is 1.88. The van der Waals surface area contributed by atoms with Crippen molar-refractivity contribution in [2.75, 3.05) is 0 Å². The third kappa shape index (κ3) is 4.45. The van der Waals surface area contributed by atoms with Crippen LogP contribution in [0.5, 0.6) is 0 Å². The monoisotopic (exact) mass is 426 g/mol. The quantitative estimate of drug-likeness (QED) is 0.536. The van der Waals surface area contributed by atoms with Crippen molar-refractivity contribution < 1.29 is 17.0 Å². The van der Waals surface area contributed by atoms with Gasteiger partial charge >= 0.3 is 117 Å². The minimum absolute atomic E-state index is 0.165. The zero-order chi connectivity index (χ0) is 13.1. The summed E-state index contributed by atoms with van der Waals surface area (Å²) >= 11 is 0.165. The van der Waals surface area contributed by atoms with Gasteiger partial charge in [0.05, 0.1) is 0 Å². The molecule has 0 saturated heterocycles. The van der Waals surface area contributed by atoms with E-state index in [1.807, 2.05) is 0 Å². The first-order valence-electron chi connectivity index (χ1n) is 5.08. The average Bonchev–Trinajstić information content (AvgIpc) is 2.26. The Morgan fingerprint density at radius 2 is 1.41 bits per heavy atom. The second-order valence-corrected chi connectivity index (χ2v) is 5.40. The molecule has 88 valence electrons. The molecule has 0 N–H and O–H groups in total. The fourth-order valence-electron chi connectivity index (χ4n) is 1.15. The molecular weight excluding hydrogens is 413 g/mol. The van der Waals surface area contributed by atoms with Crippen molar-refractivity contribution in [2.45, 2.75) is 26.4 Å². The molecule has 0 bridgehead atoms. The van der Waals surface area contributed by atoms with Crippen LogP contribution in [0.2, 0.25) is 0 Å². The molecule has 0 atom stereocenters. The molecule has 0 spiro atoms. The van der Waals surface area contributed by atoms with Gasteiger partial charge in [-0.05, 0) is 0 Å². The van der Waals surface area contributed by atoms with Crippen molar-refractivity contribution in [2.24, 2.45) is 0 Å². The minimum atomic E-state index is -0.523. The summed E-state index contributed by atoms with van der Waals surface area (Å²) in [6.45, 7) is 5.41. The first-order valence-corrected chi connectivity index (χ1v) is 6.91. The van der Waals surface area contributed by atoms with Crippen molar-refractivity contribution in [3.8, 4) is 0 Å². The van der Waals surface area contributed by atoms with Gasteiger partial charge < -0.3 is 0 Å². The van der Waals surface area contributed by atoms with Gasteiger partial charge in [-0.15, -0.1) is 0 Å². The zero-order valence-corrected chi connectivity index (χ0v) is 14.5. The molecule has 17 heavy (non-hydrogen) atoms. The van der Waals surface area contributed by atoms with Crippen molar-refractivity contribution in [1.82, 2.24) is 0 Å². The molecule has 1 rings (SSSR count). The number of carbonyl (C=O) groups is 2. The van der Waals surface area contributed by atoms with E-state index in [0.29, 0.717) is 11.1 Å². The Bertz CT molecular complexity index is 417. The summed E-state index contributed by atoms with van der Waals surface area (Å²) in [7, 11) is 0. The molecule has 4 nitrogen and oxygen atoms in total. The molecular formula is C12H13O4Tl. The van der Waals surface area contributed by atoms with E-state index in [2.05, 4.69) is 0 Å². The van der Waals surface area contributed by atoms with Gasteiger partial charge in [0.2, 0.25) is 0 Å². The summed E-state index contributed by atoms with van der Waals surface area (Å²) in [5.74, 6) is -0.754. The van der Waals surface area contributed by atoms with Gasteiger partial charge in [0.25, 0.3) is 0 Å². The molecule has 0 saturated carbocycles. The van der Waals surface area contributed by atoms with Crippen molar-refractivity contribution >= 4 is 38.2 Å². The number of hydrogen-bond donors (Lipinski definition) is 0. The van der Waals surface area contributed by atoms with Crippen LogP contribution in [0.15, 0.2) is 24.3 Å². The molecule has 0 aromatic heterocycles. The van der Waals surface area contributed by atoms with Crippen LogP contribution in [0, 0.1) is 0 Å². The normalized spacial score (nSPS) is 10.7. The second-order valence-electron chi connectivity index (χ2n) is 4.48. The SMILES string of the molecule is CC(C)(C)OC(=O)c1ccc(C(=O)[O][Tl])cc1. The summed E-state index contributed by atoms with van der Waals surface area (Å²) in [6, 6.07) is 6.24. The topological polar surface area (TPSA) is 52.6 Å². The molecule has 0 amide bonds. The Balaban J connectivity index is 2.81. The van der Waals surface area contributed by atoms with E-state index in [1.165, 1.54) is 0 Å². The maximum atomic E-state index is 11.7. The molecule has 1 aromatic rings. The van der Waals surface area contributed by atoms with E-state index >= 15 is 0 Å². The summed E-state index contributed by atoms with van der Waals surface area (Å²) in [4.78, 5) is 22.9. The first-order chi connectivity index (χ1) is 7.83. The van der Waals surface area contributed by atoms with Crippen LogP contribution in [-0.2, 0) is 7.42 Å². The van der Waals surface area contributed by atoms with Gasteiger partial charge in [-0.3, -0.25) is 0 Å². The van der Waals surface area contributed by atoms with Crippen LogP contribution >= 0.6 is 0 Å². The summed E-state index contributed by atoms with van der Waals surface area (Å²) < 4.78 is 9.93. The molecule has 0 aliphatic rings. The van der Waals surface area contributed by atoms with Crippen LogP contribution in [0.4, 0.5) is 0 Å². The standard InChI is InChI=1S/C12H14O4.Tl/c1-12(2,3)16-11(15)9-6-4-8(5-7-9)10(13)14;/h4-7H,1-3H3,(H,13,14);/q;+1/p-1. The van der Waals surface area contributed by atoms with E-state index < -0.39 is 11.6 Å². The predicted molar refractivity (Wildman–Crippen MR) is 62.8 cm³/mol. The van der Waals surface area contributed by atoms with Gasteiger partial charge in [0.1, 0.15) is 0 Å². The van der Waals surface area contributed by atoms with Gasteiger partial charge in [0, 0.05) is 0 Å². The molecule has 0 heterocycles. The number of carbonyl (C=O) groups excluding carboxylic acids is 2. The Kier molecular flexibility index (Phi) is 4.67. The third-order valence-corrected chi connectivity index (χ3v) is 2.69. The van der Waals surface area contributed by atoms with Crippen LogP contribution in [0.1, 0.15) is 41.5 Å². The summed E-state index contributed by atoms with van der Waals surface area (Å²) in [5, 5.41) is 0. The number of esters is 1. The van der Waals surface area contributed by atoms with Crippen LogP contribution in [0.3, 0.4) is 0 Å². The van der Waals surface area contributed by atoms with Crippen molar-refractivity contribution in [3.05, 3.63) is 35.4 Å². The Morgan fingerprint density at radius 3 is 1.76 bits per heavy atom. The van der Waals surface area contributed by atoms with E-state index in [1.54, 1.807) is 45.0 Å². The van der Waals surface area contributed by atoms with Crippen molar-refractivity contribution in [3.63, 3.8) is 0 Å². The maximum absolute atomic E-state index is 11.7. The van der Waals surface area contributed by atoms with Crippen LogP contribution < -0.4 is 0 Å². The fraction of sp³-hybridized carbons (Fsp3) is 0.333. The molecule has 5 heteroatoms. The molecule has 0 unspecified atom stereocenters. The third-order valence-electron chi connectivity index (χ3n) is 1.86. The van der Waals surface area contributed by atoms with E-state index in [4.69, 9.17) is 7.42 Å². The van der Waals surface area contributed by atoms with Crippen LogP contribution in [-0.4, -0.2) is 43.8 Å². The molecule has 1 aromatic carbocycles. The summed E-state index contributed by atoms with van der Waals surface area (Å²) in [6.07, 6.45) is 0. The fourth-order valence-corrected chi connectivity index (χ4v) is 1.68. The first kappa shape index (κ1) is 14.1. The molecule has 0 aliphatic carbocycles. The molecule has 0 radical (unpaired) electrons. The number of rotatable bonds is 2. The number of benzene rings is 1. The van der Waals surface area contributed by atoms with E-state index in [-0.39, 0.29) is 32.2 Å². The molecule has 0 fully saturated rings. The second kappa shape index (κ2) is 5.61. The van der Waals surface area contributed by atoms with Crippen molar-refractivity contribution in [1.29, 1.82) is 0 Å². The Labute approximate surface area is 117 Å². The van der Waals surface area contributed by atoms with Gasteiger partial charge in [-0.2, -0.15) is 0 Å². The number of hydrogen-bond acceptors (Lipinski definition) is 4. The zero-order valence-electron chi connectivity index (χ0n) is 10.0.